The highest BCUT2D eigenvalue weighted by Gasteiger charge is 2.00. The molecular weight excluding hydrogens is 316 g/mol. The van der Waals surface area contributed by atoms with Crippen LogP contribution in [0.4, 0.5) is 0 Å². The SMILES string of the molecule is COc1ccccc1.C[SH](COc1ccccc1)c1ccccc1. The Morgan fingerprint density at radius 2 is 1.12 bits per heavy atom. The minimum atomic E-state index is -0.222. The third-order valence-corrected chi connectivity index (χ3v) is 5.04. The highest BCUT2D eigenvalue weighted by atomic mass is 32.2. The Hall–Kier alpha value is -2.39. The molecule has 0 heterocycles. The minimum Gasteiger partial charge on any atom is -0.497 e. The van der Waals surface area contributed by atoms with Crippen molar-refractivity contribution in [1.82, 2.24) is 0 Å². The van der Waals surface area contributed by atoms with Crippen molar-refractivity contribution in [1.29, 1.82) is 0 Å². The third-order valence-electron chi connectivity index (χ3n) is 3.34. The highest BCUT2D eigenvalue weighted by molar-refractivity contribution is 8.16. The number of para-hydroxylation sites is 2. The number of benzene rings is 3. The van der Waals surface area contributed by atoms with Crippen LogP contribution in [0.2, 0.25) is 0 Å². The summed E-state index contributed by atoms with van der Waals surface area (Å²) in [4.78, 5) is 1.38. The molecule has 3 rings (SSSR count). The molecule has 0 radical (unpaired) electrons. The van der Waals surface area contributed by atoms with Crippen LogP contribution in [0.15, 0.2) is 95.9 Å². The summed E-state index contributed by atoms with van der Waals surface area (Å²) in [5.41, 5.74) is 0. The van der Waals surface area contributed by atoms with E-state index in [1.807, 2.05) is 66.7 Å². The average molecular weight is 340 g/mol. The second-order valence-corrected chi connectivity index (χ2v) is 7.31. The van der Waals surface area contributed by atoms with Gasteiger partial charge in [0.1, 0.15) is 17.4 Å². The zero-order valence-electron chi connectivity index (χ0n) is 14.1. The Morgan fingerprint density at radius 3 is 1.58 bits per heavy atom. The molecule has 0 spiro atoms. The van der Waals surface area contributed by atoms with Gasteiger partial charge in [-0.25, -0.2) is 0 Å². The van der Waals surface area contributed by atoms with Gasteiger partial charge in [0.2, 0.25) is 0 Å². The maximum Gasteiger partial charge on any atom is 0.120 e. The van der Waals surface area contributed by atoms with E-state index in [4.69, 9.17) is 9.47 Å². The van der Waals surface area contributed by atoms with E-state index in [1.165, 1.54) is 4.90 Å². The van der Waals surface area contributed by atoms with Gasteiger partial charge >= 0.3 is 0 Å². The Labute approximate surface area is 147 Å². The van der Waals surface area contributed by atoms with Crippen LogP contribution in [-0.4, -0.2) is 19.3 Å². The summed E-state index contributed by atoms with van der Waals surface area (Å²) in [5.74, 6) is 2.64. The highest BCUT2D eigenvalue weighted by Crippen LogP contribution is 2.32. The monoisotopic (exact) mass is 340 g/mol. The van der Waals surface area contributed by atoms with E-state index >= 15 is 0 Å². The summed E-state index contributed by atoms with van der Waals surface area (Å²) >= 11 is 0. The summed E-state index contributed by atoms with van der Waals surface area (Å²) < 4.78 is 10.7. The van der Waals surface area contributed by atoms with Crippen LogP contribution in [0.3, 0.4) is 0 Å². The topological polar surface area (TPSA) is 18.5 Å². The second-order valence-electron chi connectivity index (χ2n) is 5.14. The van der Waals surface area contributed by atoms with Crippen molar-refractivity contribution in [3.63, 3.8) is 0 Å². The van der Waals surface area contributed by atoms with E-state index in [1.54, 1.807) is 7.11 Å². The average Bonchev–Trinajstić information content (AvgIpc) is 2.69. The summed E-state index contributed by atoms with van der Waals surface area (Å²) in [5, 5.41) is 0. The van der Waals surface area contributed by atoms with Crippen molar-refractivity contribution in [3.8, 4) is 11.5 Å². The van der Waals surface area contributed by atoms with Gasteiger partial charge in [0.15, 0.2) is 0 Å². The van der Waals surface area contributed by atoms with Crippen LogP contribution in [-0.2, 0) is 0 Å². The first kappa shape index (κ1) is 18.0. The molecule has 0 aliphatic rings. The lowest BCUT2D eigenvalue weighted by Gasteiger charge is -2.17. The molecule has 0 saturated carbocycles. The van der Waals surface area contributed by atoms with Gasteiger partial charge < -0.3 is 9.47 Å². The van der Waals surface area contributed by atoms with Crippen molar-refractivity contribution in [3.05, 3.63) is 91.0 Å². The quantitative estimate of drug-likeness (QED) is 0.626. The summed E-state index contributed by atoms with van der Waals surface area (Å²) in [6.07, 6.45) is 2.24. The third kappa shape index (κ3) is 6.39. The van der Waals surface area contributed by atoms with Gasteiger partial charge in [-0.15, -0.1) is 0 Å². The van der Waals surface area contributed by atoms with Crippen molar-refractivity contribution in [2.45, 2.75) is 4.90 Å². The minimum absolute atomic E-state index is 0.222. The predicted octanol–water partition coefficient (Wildman–Crippen LogP) is 5.41. The van der Waals surface area contributed by atoms with Gasteiger partial charge in [-0.1, -0.05) is 66.7 Å². The second kappa shape index (κ2) is 10.4. The van der Waals surface area contributed by atoms with E-state index in [2.05, 4.69) is 30.5 Å². The van der Waals surface area contributed by atoms with Crippen molar-refractivity contribution >= 4 is 10.9 Å². The van der Waals surface area contributed by atoms with Crippen molar-refractivity contribution in [2.75, 3.05) is 19.3 Å². The molecular formula is C21H24O2S. The molecule has 1 atom stereocenters. The molecule has 3 heteroatoms. The molecule has 0 aliphatic heterocycles. The van der Waals surface area contributed by atoms with Crippen LogP contribution in [0.25, 0.3) is 0 Å². The number of hydrogen-bond donors (Lipinski definition) is 1. The molecule has 0 fully saturated rings. The van der Waals surface area contributed by atoms with Gasteiger partial charge in [-0.2, -0.15) is 10.9 Å². The van der Waals surface area contributed by atoms with Gasteiger partial charge in [-0.3, -0.25) is 0 Å². The van der Waals surface area contributed by atoms with E-state index < -0.39 is 0 Å². The first-order valence-corrected chi connectivity index (χ1v) is 9.80. The van der Waals surface area contributed by atoms with Crippen LogP contribution >= 0.6 is 10.9 Å². The molecule has 0 N–H and O–H groups in total. The lowest BCUT2D eigenvalue weighted by Crippen LogP contribution is -1.97. The van der Waals surface area contributed by atoms with Crippen LogP contribution in [0, 0.1) is 0 Å². The van der Waals surface area contributed by atoms with E-state index in [0.29, 0.717) is 0 Å². The number of methoxy groups -OCH3 is 1. The van der Waals surface area contributed by atoms with E-state index in [9.17, 15) is 0 Å². The fourth-order valence-electron chi connectivity index (χ4n) is 2.00. The Balaban J connectivity index is 0.000000219. The predicted molar refractivity (Wildman–Crippen MR) is 105 cm³/mol. The fraction of sp³-hybridized carbons (Fsp3) is 0.143. The van der Waals surface area contributed by atoms with Crippen molar-refractivity contribution in [2.24, 2.45) is 0 Å². The first-order chi connectivity index (χ1) is 11.8. The zero-order valence-corrected chi connectivity index (χ0v) is 15.0. The summed E-state index contributed by atoms with van der Waals surface area (Å²) in [7, 11) is 1.44. The standard InChI is InChI=1S/C14H16OS.C7H8O/c1-16(14-10-6-3-7-11-14)12-15-13-8-4-2-5-9-13;1-8-7-5-3-2-4-6-7/h2-11,16H,12H2,1H3;2-6H,1H3. The normalized spacial score (nSPS) is 11.7. The van der Waals surface area contributed by atoms with E-state index in [-0.39, 0.29) is 10.9 Å². The van der Waals surface area contributed by atoms with Gasteiger partial charge in [-0.05, 0) is 35.4 Å². The fourth-order valence-corrected chi connectivity index (χ4v) is 3.17. The summed E-state index contributed by atoms with van der Waals surface area (Å²) in [6, 6.07) is 30.2. The van der Waals surface area contributed by atoms with Gasteiger partial charge in [0.05, 0.1) is 7.11 Å². The molecule has 126 valence electrons. The molecule has 0 aromatic heterocycles. The molecule has 0 saturated heterocycles. The smallest absolute Gasteiger partial charge is 0.120 e. The lowest BCUT2D eigenvalue weighted by molar-refractivity contribution is 0.391. The largest absolute Gasteiger partial charge is 0.497 e. The molecule has 3 aromatic rings. The molecule has 0 amide bonds. The van der Waals surface area contributed by atoms with Crippen molar-refractivity contribution < 1.29 is 9.47 Å². The van der Waals surface area contributed by atoms with Gasteiger partial charge in [0.25, 0.3) is 0 Å². The van der Waals surface area contributed by atoms with Crippen LogP contribution in [0.1, 0.15) is 0 Å². The molecule has 0 bridgehead atoms. The number of ether oxygens (including phenoxy) is 2. The van der Waals surface area contributed by atoms with Gasteiger partial charge in [0, 0.05) is 0 Å². The molecule has 3 aromatic carbocycles. The van der Waals surface area contributed by atoms with E-state index in [0.717, 1.165) is 17.4 Å². The van der Waals surface area contributed by atoms with Crippen LogP contribution in [0.5, 0.6) is 11.5 Å². The number of hydrogen-bond acceptors (Lipinski definition) is 2. The Kier molecular flexibility index (Phi) is 7.78. The number of thiol groups is 1. The van der Waals surface area contributed by atoms with Crippen LogP contribution < -0.4 is 9.47 Å². The Morgan fingerprint density at radius 1 is 0.667 bits per heavy atom. The summed E-state index contributed by atoms with van der Waals surface area (Å²) in [6.45, 7) is 0. The molecule has 2 nitrogen and oxygen atoms in total. The lowest BCUT2D eigenvalue weighted by atomic mass is 10.3. The molecule has 24 heavy (non-hydrogen) atoms. The number of rotatable bonds is 5. The maximum absolute atomic E-state index is 5.75. The zero-order chi connectivity index (χ0) is 17.0. The molecule has 1 unspecified atom stereocenters. The molecule has 0 aliphatic carbocycles. The Bertz CT molecular complexity index is 672. The first-order valence-electron chi connectivity index (χ1n) is 7.82. The maximum atomic E-state index is 5.75.